The van der Waals surface area contributed by atoms with Crippen molar-refractivity contribution >= 4 is 11.8 Å². The highest BCUT2D eigenvalue weighted by Gasteiger charge is 2.38. The topological polar surface area (TPSA) is 82.2 Å². The second-order valence-corrected chi connectivity index (χ2v) is 9.50. The molecule has 2 aromatic heterocycles. The van der Waals surface area contributed by atoms with Gasteiger partial charge in [0.2, 0.25) is 5.91 Å². The van der Waals surface area contributed by atoms with Crippen LogP contribution in [0.2, 0.25) is 0 Å². The van der Waals surface area contributed by atoms with Crippen LogP contribution in [0.15, 0.2) is 54.9 Å². The average Bonchev–Trinajstić information content (AvgIpc) is 3.32. The van der Waals surface area contributed by atoms with Crippen molar-refractivity contribution in [3.05, 3.63) is 71.8 Å². The van der Waals surface area contributed by atoms with Crippen LogP contribution in [0.3, 0.4) is 0 Å². The molecule has 7 nitrogen and oxygen atoms in total. The Kier molecular flexibility index (Phi) is 6.31. The van der Waals surface area contributed by atoms with Gasteiger partial charge in [0, 0.05) is 49.6 Å². The first-order valence-electron chi connectivity index (χ1n) is 11.4. The van der Waals surface area contributed by atoms with Crippen molar-refractivity contribution in [3.63, 3.8) is 0 Å². The molecule has 3 aromatic rings. The highest BCUT2D eigenvalue weighted by atomic mass is 16.2. The fraction of sp³-hybridized carbons (Fsp3) is 0.385. The fourth-order valence-electron chi connectivity index (χ4n) is 4.19. The lowest BCUT2D eigenvalue weighted by molar-refractivity contribution is -0.139. The number of carbonyl (C=O) groups excluding carboxylic acids is 2. The molecule has 33 heavy (non-hydrogen) atoms. The van der Waals surface area contributed by atoms with E-state index in [1.807, 2.05) is 48.4 Å². The maximum atomic E-state index is 13.4. The SMILES string of the molecule is CCN1CCN(C(=O)c2cc(C(C)(C)C)[nH]n2)C(Cc2cccc(-c3cccnc3)c2)C1=O. The minimum atomic E-state index is -0.565. The summed E-state index contributed by atoms with van der Waals surface area (Å²) >= 11 is 0. The summed E-state index contributed by atoms with van der Waals surface area (Å²) in [5, 5.41) is 7.26. The van der Waals surface area contributed by atoms with Gasteiger partial charge in [0.15, 0.2) is 0 Å². The third kappa shape index (κ3) is 4.82. The van der Waals surface area contributed by atoms with Crippen molar-refractivity contribution in [3.8, 4) is 11.1 Å². The Balaban J connectivity index is 1.62. The number of piperazine rings is 1. The lowest BCUT2D eigenvalue weighted by Gasteiger charge is -2.40. The number of H-pyrrole nitrogens is 1. The molecule has 1 unspecified atom stereocenters. The third-order valence-corrected chi connectivity index (χ3v) is 6.18. The highest BCUT2D eigenvalue weighted by molar-refractivity contribution is 5.97. The molecule has 1 atom stereocenters. The molecule has 1 aliphatic heterocycles. The second kappa shape index (κ2) is 9.17. The Morgan fingerprint density at radius 2 is 1.91 bits per heavy atom. The van der Waals surface area contributed by atoms with E-state index in [0.717, 1.165) is 22.4 Å². The van der Waals surface area contributed by atoms with E-state index in [0.29, 0.717) is 31.7 Å². The number of hydrogen-bond acceptors (Lipinski definition) is 4. The van der Waals surface area contributed by atoms with Crippen LogP contribution >= 0.6 is 0 Å². The largest absolute Gasteiger partial charge is 0.339 e. The van der Waals surface area contributed by atoms with Crippen molar-refractivity contribution in [1.82, 2.24) is 25.0 Å². The van der Waals surface area contributed by atoms with Crippen molar-refractivity contribution in [1.29, 1.82) is 0 Å². The molecule has 1 fully saturated rings. The number of amides is 2. The standard InChI is InChI=1S/C26H31N5O2/c1-5-30-12-13-31(24(32)21-16-23(29-28-21)26(2,3)4)22(25(30)33)15-18-8-6-9-19(14-18)20-10-7-11-27-17-20/h6-11,14,16-17,22H,5,12-13,15H2,1-4H3,(H,28,29). The van der Waals surface area contributed by atoms with Gasteiger partial charge in [0.1, 0.15) is 11.7 Å². The molecule has 0 aliphatic carbocycles. The number of likely N-dealkylation sites (N-methyl/N-ethyl adjacent to an activating group) is 1. The van der Waals surface area contributed by atoms with Gasteiger partial charge in [-0.3, -0.25) is 19.7 Å². The van der Waals surface area contributed by atoms with E-state index in [1.165, 1.54) is 0 Å². The normalized spacial score (nSPS) is 16.8. The Labute approximate surface area is 194 Å². The summed E-state index contributed by atoms with van der Waals surface area (Å²) in [7, 11) is 0. The first-order valence-corrected chi connectivity index (χ1v) is 11.4. The van der Waals surface area contributed by atoms with Crippen LogP contribution in [-0.2, 0) is 16.6 Å². The van der Waals surface area contributed by atoms with Crippen molar-refractivity contribution in [2.24, 2.45) is 0 Å². The molecular formula is C26H31N5O2. The summed E-state index contributed by atoms with van der Waals surface area (Å²) < 4.78 is 0. The molecule has 2 amide bonds. The van der Waals surface area contributed by atoms with Crippen molar-refractivity contribution in [2.75, 3.05) is 19.6 Å². The number of aromatic nitrogens is 3. The zero-order valence-electron chi connectivity index (χ0n) is 19.7. The molecule has 0 spiro atoms. The van der Waals surface area contributed by atoms with Crippen LogP contribution < -0.4 is 0 Å². The number of aromatic amines is 1. The number of rotatable bonds is 5. The third-order valence-electron chi connectivity index (χ3n) is 6.18. The molecule has 0 radical (unpaired) electrons. The molecule has 0 saturated carbocycles. The first kappa shape index (κ1) is 22.7. The van der Waals surface area contributed by atoms with Crippen LogP contribution in [0, 0.1) is 0 Å². The number of pyridine rings is 1. The molecule has 7 heteroatoms. The molecule has 0 bridgehead atoms. The summed E-state index contributed by atoms with van der Waals surface area (Å²) in [6.45, 7) is 9.82. The lowest BCUT2D eigenvalue weighted by Crippen LogP contribution is -2.59. The summed E-state index contributed by atoms with van der Waals surface area (Å²) in [6, 6.07) is 13.3. The van der Waals surface area contributed by atoms with E-state index in [2.05, 4.69) is 42.0 Å². The van der Waals surface area contributed by atoms with E-state index in [4.69, 9.17) is 0 Å². The van der Waals surface area contributed by atoms with Gasteiger partial charge in [-0.25, -0.2) is 0 Å². The molecular weight excluding hydrogens is 414 g/mol. The van der Waals surface area contributed by atoms with Crippen molar-refractivity contribution < 1.29 is 9.59 Å². The molecule has 3 heterocycles. The van der Waals surface area contributed by atoms with Crippen LogP contribution in [-0.4, -0.2) is 62.5 Å². The molecule has 1 aromatic carbocycles. The average molecular weight is 446 g/mol. The van der Waals surface area contributed by atoms with E-state index in [-0.39, 0.29) is 17.2 Å². The Bertz CT molecular complexity index is 1130. The number of hydrogen-bond donors (Lipinski definition) is 1. The van der Waals surface area contributed by atoms with Crippen molar-refractivity contribution in [2.45, 2.75) is 45.6 Å². The van der Waals surface area contributed by atoms with Crippen LogP contribution in [0.4, 0.5) is 0 Å². The minimum Gasteiger partial charge on any atom is -0.339 e. The Morgan fingerprint density at radius 3 is 2.58 bits per heavy atom. The minimum absolute atomic E-state index is 0.0181. The number of nitrogens with zero attached hydrogens (tertiary/aromatic N) is 4. The predicted octanol–water partition coefficient (Wildman–Crippen LogP) is 3.68. The van der Waals surface area contributed by atoms with Gasteiger partial charge >= 0.3 is 0 Å². The van der Waals surface area contributed by atoms with Crippen LogP contribution in [0.25, 0.3) is 11.1 Å². The van der Waals surface area contributed by atoms with Gasteiger partial charge in [-0.05, 0) is 35.7 Å². The fourth-order valence-corrected chi connectivity index (χ4v) is 4.19. The van der Waals surface area contributed by atoms with Crippen LogP contribution in [0.5, 0.6) is 0 Å². The van der Waals surface area contributed by atoms with Gasteiger partial charge in [-0.1, -0.05) is 51.1 Å². The molecule has 1 aliphatic rings. The van der Waals surface area contributed by atoms with E-state index >= 15 is 0 Å². The molecule has 172 valence electrons. The smallest absolute Gasteiger partial charge is 0.275 e. The maximum absolute atomic E-state index is 13.4. The van der Waals surface area contributed by atoms with E-state index in [9.17, 15) is 9.59 Å². The molecule has 1 N–H and O–H groups in total. The van der Waals surface area contributed by atoms with E-state index in [1.54, 1.807) is 17.2 Å². The number of benzene rings is 1. The highest BCUT2D eigenvalue weighted by Crippen LogP contribution is 2.25. The summed E-state index contributed by atoms with van der Waals surface area (Å²) in [5.41, 5.74) is 4.16. The summed E-state index contributed by atoms with van der Waals surface area (Å²) in [6.07, 6.45) is 4.02. The second-order valence-electron chi connectivity index (χ2n) is 9.50. The van der Waals surface area contributed by atoms with E-state index < -0.39 is 6.04 Å². The maximum Gasteiger partial charge on any atom is 0.275 e. The van der Waals surface area contributed by atoms with Gasteiger partial charge in [0.25, 0.3) is 5.91 Å². The predicted molar refractivity (Wildman–Crippen MR) is 128 cm³/mol. The zero-order valence-corrected chi connectivity index (χ0v) is 19.7. The van der Waals surface area contributed by atoms with Gasteiger partial charge in [0.05, 0.1) is 0 Å². The Morgan fingerprint density at radius 1 is 1.12 bits per heavy atom. The summed E-state index contributed by atoms with van der Waals surface area (Å²) in [5.74, 6) is -0.227. The first-order chi connectivity index (χ1) is 15.8. The van der Waals surface area contributed by atoms with Gasteiger partial charge < -0.3 is 9.80 Å². The zero-order chi connectivity index (χ0) is 23.6. The number of carbonyl (C=O) groups is 2. The Hall–Kier alpha value is -3.48. The monoisotopic (exact) mass is 445 g/mol. The van der Waals surface area contributed by atoms with Gasteiger partial charge in [-0.15, -0.1) is 0 Å². The molecule has 4 rings (SSSR count). The lowest BCUT2D eigenvalue weighted by atomic mass is 9.92. The molecule has 1 saturated heterocycles. The van der Waals surface area contributed by atoms with Crippen LogP contribution in [0.1, 0.15) is 49.4 Å². The van der Waals surface area contributed by atoms with Gasteiger partial charge in [-0.2, -0.15) is 5.10 Å². The quantitative estimate of drug-likeness (QED) is 0.649. The summed E-state index contributed by atoms with van der Waals surface area (Å²) in [4.78, 5) is 34.5. The number of nitrogens with one attached hydrogen (secondary N) is 1.